The zero-order valence-electron chi connectivity index (χ0n) is 6.35. The van der Waals surface area contributed by atoms with Crippen molar-refractivity contribution in [1.29, 1.82) is 0 Å². The second-order valence-electron chi connectivity index (χ2n) is 2.37. The molecule has 0 saturated heterocycles. The number of aliphatic hydroxyl groups excluding tert-OH is 1. The van der Waals surface area contributed by atoms with Gasteiger partial charge in [0.2, 0.25) is 0 Å². The summed E-state index contributed by atoms with van der Waals surface area (Å²) < 4.78 is 34.7. The molecule has 1 nitrogen and oxygen atoms in total. The molecular weight excluding hydrogens is 177 g/mol. The van der Waals surface area contributed by atoms with Crippen LogP contribution in [0.1, 0.15) is 13.8 Å². The van der Waals surface area contributed by atoms with Crippen LogP contribution in [0.5, 0.6) is 0 Å². The summed E-state index contributed by atoms with van der Waals surface area (Å²) in [6.45, 7) is 3.05. The third-order valence-electron chi connectivity index (χ3n) is 1.19. The van der Waals surface area contributed by atoms with Crippen molar-refractivity contribution < 1.29 is 18.3 Å². The van der Waals surface area contributed by atoms with Crippen molar-refractivity contribution in [2.45, 2.75) is 31.4 Å². The fraction of sp³-hybridized carbons (Fsp3) is 1.00. The van der Waals surface area contributed by atoms with Gasteiger partial charge in [0.1, 0.15) is 0 Å². The maximum absolute atomic E-state index is 11.6. The topological polar surface area (TPSA) is 20.2 Å². The van der Waals surface area contributed by atoms with Crippen molar-refractivity contribution in [2.24, 2.45) is 0 Å². The highest BCUT2D eigenvalue weighted by Crippen LogP contribution is 2.25. The molecule has 0 aliphatic heterocycles. The van der Waals surface area contributed by atoms with Crippen LogP contribution in [-0.2, 0) is 0 Å². The van der Waals surface area contributed by atoms with E-state index in [1.807, 2.05) is 0 Å². The zero-order chi connectivity index (χ0) is 9.07. The molecule has 2 atom stereocenters. The van der Waals surface area contributed by atoms with Gasteiger partial charge in [-0.25, -0.2) is 0 Å². The summed E-state index contributed by atoms with van der Waals surface area (Å²) >= 11 is 0.716. The molecule has 5 heteroatoms. The summed E-state index contributed by atoms with van der Waals surface area (Å²) in [5.74, 6) is -0.890. The third-order valence-corrected chi connectivity index (χ3v) is 2.60. The average Bonchev–Trinajstić information content (AvgIpc) is 1.80. The van der Waals surface area contributed by atoms with Gasteiger partial charge in [-0.3, -0.25) is 0 Å². The number of thioether (sulfide) groups is 1. The van der Waals surface area contributed by atoms with Crippen molar-refractivity contribution in [1.82, 2.24) is 0 Å². The number of rotatable bonds is 3. The number of alkyl halides is 3. The van der Waals surface area contributed by atoms with E-state index in [0.717, 1.165) is 0 Å². The first-order valence-electron chi connectivity index (χ1n) is 3.19. The Kier molecular flexibility index (Phi) is 4.25. The molecule has 2 unspecified atom stereocenters. The van der Waals surface area contributed by atoms with Crippen molar-refractivity contribution in [2.75, 3.05) is 5.75 Å². The second kappa shape index (κ2) is 4.21. The van der Waals surface area contributed by atoms with E-state index >= 15 is 0 Å². The Labute approximate surface area is 68.0 Å². The highest BCUT2D eigenvalue weighted by atomic mass is 32.2. The Morgan fingerprint density at radius 3 is 2.09 bits per heavy atom. The number of halogens is 3. The van der Waals surface area contributed by atoms with Gasteiger partial charge in [0.25, 0.3) is 0 Å². The standard InChI is InChI=1S/C6H11F3OS/c1-4(10)5(2)11-3-6(7,8)9/h4-5,10H,3H2,1-2H3. The molecule has 11 heavy (non-hydrogen) atoms. The highest BCUT2D eigenvalue weighted by Gasteiger charge is 2.28. The van der Waals surface area contributed by atoms with E-state index in [2.05, 4.69) is 0 Å². The van der Waals surface area contributed by atoms with Crippen molar-refractivity contribution in [3.05, 3.63) is 0 Å². The van der Waals surface area contributed by atoms with Crippen molar-refractivity contribution in [3.63, 3.8) is 0 Å². The van der Waals surface area contributed by atoms with Crippen LogP contribution in [0, 0.1) is 0 Å². The van der Waals surface area contributed by atoms with E-state index < -0.39 is 18.0 Å². The largest absolute Gasteiger partial charge is 0.397 e. The van der Waals surface area contributed by atoms with Crippen LogP contribution in [0.4, 0.5) is 13.2 Å². The molecule has 1 N–H and O–H groups in total. The van der Waals surface area contributed by atoms with E-state index in [1.54, 1.807) is 6.92 Å². The van der Waals surface area contributed by atoms with E-state index in [4.69, 9.17) is 5.11 Å². The minimum atomic E-state index is -4.13. The second-order valence-corrected chi connectivity index (χ2v) is 3.74. The van der Waals surface area contributed by atoms with Gasteiger partial charge in [0.15, 0.2) is 0 Å². The lowest BCUT2D eigenvalue weighted by Gasteiger charge is -2.14. The Balaban J connectivity index is 3.54. The molecule has 0 radical (unpaired) electrons. The molecule has 68 valence electrons. The first kappa shape index (κ1) is 11.1. The fourth-order valence-corrected chi connectivity index (χ4v) is 1.10. The Bertz CT molecular complexity index is 113. The highest BCUT2D eigenvalue weighted by molar-refractivity contribution is 8.00. The van der Waals surface area contributed by atoms with Gasteiger partial charge in [-0.1, -0.05) is 6.92 Å². The summed E-state index contributed by atoms with van der Waals surface area (Å²) in [5, 5.41) is 8.47. The van der Waals surface area contributed by atoms with Gasteiger partial charge in [0, 0.05) is 5.25 Å². The van der Waals surface area contributed by atoms with E-state index in [1.165, 1.54) is 6.92 Å². The van der Waals surface area contributed by atoms with Crippen LogP contribution < -0.4 is 0 Å². The van der Waals surface area contributed by atoms with Gasteiger partial charge < -0.3 is 5.11 Å². The van der Waals surface area contributed by atoms with Crippen molar-refractivity contribution in [3.8, 4) is 0 Å². The summed E-state index contributed by atoms with van der Waals surface area (Å²) in [7, 11) is 0. The molecule has 0 heterocycles. The van der Waals surface area contributed by atoms with Gasteiger partial charge in [-0.15, -0.1) is 11.8 Å². The maximum Gasteiger partial charge on any atom is 0.397 e. The molecule has 0 saturated carbocycles. The normalized spacial score (nSPS) is 18.0. The number of hydrogen-bond donors (Lipinski definition) is 1. The molecule has 0 aromatic heterocycles. The molecular formula is C6H11F3OS. The molecule has 0 fully saturated rings. The van der Waals surface area contributed by atoms with Crippen LogP contribution in [0.3, 0.4) is 0 Å². The van der Waals surface area contributed by atoms with E-state index in [9.17, 15) is 13.2 Å². The SMILES string of the molecule is CC(O)C(C)SCC(F)(F)F. The van der Waals surface area contributed by atoms with E-state index in [0.29, 0.717) is 11.8 Å². The Morgan fingerprint density at radius 1 is 1.36 bits per heavy atom. The molecule has 0 amide bonds. The third kappa shape index (κ3) is 6.50. The monoisotopic (exact) mass is 188 g/mol. The Hall–Kier alpha value is 0.100. The van der Waals surface area contributed by atoms with Crippen LogP contribution in [0.25, 0.3) is 0 Å². The smallest absolute Gasteiger partial charge is 0.392 e. The molecule has 0 spiro atoms. The lowest BCUT2D eigenvalue weighted by molar-refractivity contribution is -0.105. The number of hydrogen-bond acceptors (Lipinski definition) is 2. The molecule has 0 aliphatic rings. The first-order valence-corrected chi connectivity index (χ1v) is 4.24. The molecule has 0 rings (SSSR count). The van der Waals surface area contributed by atoms with Crippen molar-refractivity contribution >= 4 is 11.8 Å². The summed E-state index contributed by atoms with van der Waals surface area (Å²) in [6.07, 6.45) is -4.82. The number of aliphatic hydroxyl groups is 1. The van der Waals surface area contributed by atoms with Crippen LogP contribution in [0.2, 0.25) is 0 Å². The maximum atomic E-state index is 11.6. The van der Waals surface area contributed by atoms with Gasteiger partial charge in [-0.05, 0) is 6.92 Å². The van der Waals surface area contributed by atoms with E-state index in [-0.39, 0.29) is 5.25 Å². The lowest BCUT2D eigenvalue weighted by Crippen LogP contribution is -2.20. The summed E-state index contributed by atoms with van der Waals surface area (Å²) in [5.41, 5.74) is 0. The van der Waals surface area contributed by atoms with Gasteiger partial charge in [-0.2, -0.15) is 13.2 Å². The van der Waals surface area contributed by atoms with Crippen LogP contribution in [-0.4, -0.2) is 28.4 Å². The fourth-order valence-electron chi connectivity index (χ4n) is 0.365. The molecule has 0 aromatic carbocycles. The van der Waals surface area contributed by atoms with Crippen LogP contribution in [0.15, 0.2) is 0 Å². The van der Waals surface area contributed by atoms with Crippen LogP contribution >= 0.6 is 11.8 Å². The first-order chi connectivity index (χ1) is 4.83. The minimum absolute atomic E-state index is 0.364. The molecule has 0 bridgehead atoms. The van der Waals surface area contributed by atoms with Gasteiger partial charge >= 0.3 is 6.18 Å². The zero-order valence-corrected chi connectivity index (χ0v) is 7.17. The summed E-state index contributed by atoms with van der Waals surface area (Å²) in [6, 6.07) is 0. The molecule has 0 aliphatic carbocycles. The average molecular weight is 188 g/mol. The summed E-state index contributed by atoms with van der Waals surface area (Å²) in [4.78, 5) is 0. The minimum Gasteiger partial charge on any atom is -0.392 e. The predicted octanol–water partition coefficient (Wildman–Crippen LogP) is 2.05. The quantitative estimate of drug-likeness (QED) is 0.731. The lowest BCUT2D eigenvalue weighted by atomic mass is 10.3. The Morgan fingerprint density at radius 2 is 1.82 bits per heavy atom. The van der Waals surface area contributed by atoms with Gasteiger partial charge in [0.05, 0.1) is 11.9 Å². The molecule has 0 aromatic rings. The predicted molar refractivity (Wildman–Crippen MR) is 39.7 cm³/mol.